The second-order valence-electron chi connectivity index (χ2n) is 4.45. The first-order valence-corrected chi connectivity index (χ1v) is 8.31. The number of halogens is 1. The maximum Gasteiger partial charge on any atom is 0.248 e. The number of rotatable bonds is 6. The summed E-state index contributed by atoms with van der Waals surface area (Å²) in [5.74, 6) is -0.110. The molecule has 0 amide bonds. The number of pyridine rings is 1. The summed E-state index contributed by atoms with van der Waals surface area (Å²) in [6, 6.07) is 8.27. The number of hydrogen-bond donors (Lipinski definition) is 0. The maximum absolute atomic E-state index is 12.9. The Morgan fingerprint density at radius 3 is 2.36 bits per heavy atom. The van der Waals surface area contributed by atoms with Crippen molar-refractivity contribution in [3.63, 3.8) is 0 Å². The Labute approximate surface area is 129 Å². The van der Waals surface area contributed by atoms with Crippen molar-refractivity contribution in [2.24, 2.45) is 0 Å². The number of sulfonamides is 1. The topological polar surface area (TPSA) is 59.5 Å². The second kappa shape index (κ2) is 6.85. The molecule has 5 nitrogen and oxygen atoms in total. The molecule has 0 bridgehead atoms. The van der Waals surface area contributed by atoms with Gasteiger partial charge >= 0.3 is 0 Å². The molecule has 1 aromatic heterocycles. The van der Waals surface area contributed by atoms with Gasteiger partial charge in [0.1, 0.15) is 16.5 Å². The van der Waals surface area contributed by atoms with Crippen molar-refractivity contribution in [2.45, 2.75) is 18.7 Å². The minimum Gasteiger partial charge on any atom is -0.438 e. The first kappa shape index (κ1) is 16.4. The van der Waals surface area contributed by atoms with E-state index in [-0.39, 0.29) is 10.8 Å². The lowest BCUT2D eigenvalue weighted by Crippen LogP contribution is -2.31. The van der Waals surface area contributed by atoms with Crippen LogP contribution in [0.15, 0.2) is 47.5 Å². The lowest BCUT2D eigenvalue weighted by atomic mass is 10.3. The van der Waals surface area contributed by atoms with E-state index < -0.39 is 15.8 Å². The van der Waals surface area contributed by atoms with Crippen molar-refractivity contribution in [3.05, 3.63) is 48.4 Å². The van der Waals surface area contributed by atoms with Crippen LogP contribution in [0.1, 0.15) is 13.8 Å². The van der Waals surface area contributed by atoms with Gasteiger partial charge in [-0.2, -0.15) is 4.31 Å². The van der Waals surface area contributed by atoms with E-state index in [0.717, 1.165) is 0 Å². The second-order valence-corrected chi connectivity index (χ2v) is 6.36. The SMILES string of the molecule is CCN(CC)S(=O)(=O)c1cccnc1Oc1ccc(F)cc1. The highest BCUT2D eigenvalue weighted by Crippen LogP contribution is 2.28. The van der Waals surface area contributed by atoms with E-state index >= 15 is 0 Å². The summed E-state index contributed by atoms with van der Waals surface area (Å²) in [5, 5.41) is 0. The zero-order valence-electron chi connectivity index (χ0n) is 12.4. The van der Waals surface area contributed by atoms with Crippen LogP contribution >= 0.6 is 0 Å². The molecule has 7 heteroatoms. The number of hydrogen-bond acceptors (Lipinski definition) is 4. The normalized spacial score (nSPS) is 11.6. The molecule has 0 radical (unpaired) electrons. The number of ether oxygens (including phenoxy) is 1. The van der Waals surface area contributed by atoms with Gasteiger partial charge in [0.05, 0.1) is 0 Å². The highest BCUT2D eigenvalue weighted by atomic mass is 32.2. The van der Waals surface area contributed by atoms with E-state index in [1.54, 1.807) is 13.8 Å². The molecule has 0 unspecified atom stereocenters. The van der Waals surface area contributed by atoms with Crippen molar-refractivity contribution in [2.75, 3.05) is 13.1 Å². The first-order valence-electron chi connectivity index (χ1n) is 6.87. The molecule has 0 aliphatic rings. The van der Waals surface area contributed by atoms with Crippen LogP contribution in [-0.4, -0.2) is 30.8 Å². The molecule has 0 atom stereocenters. The van der Waals surface area contributed by atoms with Crippen LogP contribution in [0.2, 0.25) is 0 Å². The maximum atomic E-state index is 12.9. The van der Waals surface area contributed by atoms with Crippen LogP contribution in [0.4, 0.5) is 4.39 Å². The van der Waals surface area contributed by atoms with Gasteiger partial charge < -0.3 is 4.74 Å². The van der Waals surface area contributed by atoms with Gasteiger partial charge in [-0.15, -0.1) is 0 Å². The van der Waals surface area contributed by atoms with E-state index in [0.29, 0.717) is 18.8 Å². The Morgan fingerprint density at radius 2 is 1.77 bits per heavy atom. The van der Waals surface area contributed by atoms with Crippen molar-refractivity contribution in [1.29, 1.82) is 0 Å². The highest BCUT2D eigenvalue weighted by molar-refractivity contribution is 7.89. The van der Waals surface area contributed by atoms with Gasteiger partial charge in [0.2, 0.25) is 15.9 Å². The molecule has 0 fully saturated rings. The van der Waals surface area contributed by atoms with E-state index in [1.807, 2.05) is 0 Å². The molecule has 2 rings (SSSR count). The van der Waals surface area contributed by atoms with Gasteiger partial charge in [-0.25, -0.2) is 17.8 Å². The Bertz CT molecular complexity index is 729. The molecule has 0 spiro atoms. The minimum absolute atomic E-state index is 0.0111. The van der Waals surface area contributed by atoms with Crippen molar-refractivity contribution in [1.82, 2.24) is 9.29 Å². The Morgan fingerprint density at radius 1 is 1.14 bits per heavy atom. The molecule has 118 valence electrons. The molecule has 1 heterocycles. The third kappa shape index (κ3) is 3.42. The minimum atomic E-state index is -3.69. The van der Waals surface area contributed by atoms with Crippen molar-refractivity contribution >= 4 is 10.0 Å². The number of benzene rings is 1. The lowest BCUT2D eigenvalue weighted by molar-refractivity contribution is 0.423. The highest BCUT2D eigenvalue weighted by Gasteiger charge is 2.26. The summed E-state index contributed by atoms with van der Waals surface area (Å²) in [5.41, 5.74) is 0. The molecule has 0 aliphatic carbocycles. The lowest BCUT2D eigenvalue weighted by Gasteiger charge is -2.19. The zero-order chi connectivity index (χ0) is 16.2. The fourth-order valence-electron chi connectivity index (χ4n) is 1.97. The first-order chi connectivity index (χ1) is 10.5. The monoisotopic (exact) mass is 324 g/mol. The molecule has 0 N–H and O–H groups in total. The summed E-state index contributed by atoms with van der Waals surface area (Å²) in [6.45, 7) is 4.23. The van der Waals surface area contributed by atoms with Crippen molar-refractivity contribution < 1.29 is 17.5 Å². The smallest absolute Gasteiger partial charge is 0.248 e. The van der Waals surface area contributed by atoms with E-state index in [1.165, 1.54) is 46.9 Å². The van der Waals surface area contributed by atoms with Crippen LogP contribution in [-0.2, 0) is 10.0 Å². The third-order valence-electron chi connectivity index (χ3n) is 3.09. The van der Waals surface area contributed by atoms with Gasteiger partial charge in [0, 0.05) is 19.3 Å². The Kier molecular flexibility index (Phi) is 5.10. The molecular formula is C15H17FN2O3S. The number of aromatic nitrogens is 1. The summed E-state index contributed by atoms with van der Waals surface area (Å²) >= 11 is 0. The quantitative estimate of drug-likeness (QED) is 0.819. The molecule has 0 saturated carbocycles. The van der Waals surface area contributed by atoms with Crippen LogP contribution in [0.3, 0.4) is 0 Å². The summed E-state index contributed by atoms with van der Waals surface area (Å²) in [7, 11) is -3.69. The van der Waals surface area contributed by atoms with Crippen molar-refractivity contribution in [3.8, 4) is 11.6 Å². The molecule has 0 aliphatic heterocycles. The van der Waals surface area contributed by atoms with Gasteiger partial charge in [0.15, 0.2) is 0 Å². The Balaban J connectivity index is 2.40. The third-order valence-corrected chi connectivity index (χ3v) is 5.15. The summed E-state index contributed by atoms with van der Waals surface area (Å²) in [4.78, 5) is 3.98. The molecule has 22 heavy (non-hydrogen) atoms. The van der Waals surface area contributed by atoms with Gasteiger partial charge in [-0.05, 0) is 36.4 Å². The summed E-state index contributed by atoms with van der Waals surface area (Å²) < 4.78 is 45.0. The van der Waals surface area contributed by atoms with E-state index in [9.17, 15) is 12.8 Å². The van der Waals surface area contributed by atoms with Crippen LogP contribution in [0.5, 0.6) is 11.6 Å². The number of nitrogens with zero attached hydrogens (tertiary/aromatic N) is 2. The largest absolute Gasteiger partial charge is 0.438 e. The van der Waals surface area contributed by atoms with Gasteiger partial charge in [-0.1, -0.05) is 13.8 Å². The predicted molar refractivity (Wildman–Crippen MR) is 80.8 cm³/mol. The molecule has 1 aromatic carbocycles. The summed E-state index contributed by atoms with van der Waals surface area (Å²) in [6.07, 6.45) is 1.44. The predicted octanol–water partition coefficient (Wildman–Crippen LogP) is 3.04. The average Bonchev–Trinajstić information content (AvgIpc) is 2.51. The van der Waals surface area contributed by atoms with Gasteiger partial charge in [-0.3, -0.25) is 0 Å². The fourth-order valence-corrected chi connectivity index (χ4v) is 3.49. The Hall–Kier alpha value is -1.99. The van der Waals surface area contributed by atoms with Crippen LogP contribution < -0.4 is 4.74 Å². The zero-order valence-corrected chi connectivity index (χ0v) is 13.2. The average molecular weight is 324 g/mol. The standard InChI is InChI=1S/C15H17FN2O3S/c1-3-18(4-2)22(19,20)14-6-5-11-17-15(14)21-13-9-7-12(16)8-10-13/h5-11H,3-4H2,1-2H3. The van der Waals surface area contributed by atoms with E-state index in [4.69, 9.17) is 4.74 Å². The molecular weight excluding hydrogens is 307 g/mol. The molecule has 2 aromatic rings. The van der Waals surface area contributed by atoms with Crippen LogP contribution in [0, 0.1) is 5.82 Å². The van der Waals surface area contributed by atoms with Crippen LogP contribution in [0.25, 0.3) is 0 Å². The van der Waals surface area contributed by atoms with E-state index in [2.05, 4.69) is 4.98 Å². The van der Waals surface area contributed by atoms with Gasteiger partial charge in [0.25, 0.3) is 0 Å². The molecule has 0 saturated heterocycles. The fraction of sp³-hybridized carbons (Fsp3) is 0.267.